The Balaban J connectivity index is 2.28. The molecule has 0 unspecified atom stereocenters. The fourth-order valence-corrected chi connectivity index (χ4v) is 3.12. The van der Waals surface area contributed by atoms with Crippen LogP contribution in [0.4, 0.5) is 0 Å². The maximum Gasteiger partial charge on any atom is 0.157 e. The third kappa shape index (κ3) is 3.79. The zero-order valence-electron chi connectivity index (χ0n) is 13.9. The fraction of sp³-hybridized carbons (Fsp3) is 0.0476. The van der Waals surface area contributed by atoms with Gasteiger partial charge in [-0.2, -0.15) is 5.10 Å². The zero-order valence-corrected chi connectivity index (χ0v) is 17.0. The quantitative estimate of drug-likeness (QED) is 0.273. The van der Waals surface area contributed by atoms with Crippen LogP contribution in [0.15, 0.2) is 96.1 Å². The molecule has 0 radical (unpaired) electrons. The van der Waals surface area contributed by atoms with Crippen LogP contribution in [0.25, 0.3) is 0 Å². The summed E-state index contributed by atoms with van der Waals surface area (Å²) in [5.74, 6) is 0. The van der Waals surface area contributed by atoms with Crippen molar-refractivity contribution in [3.8, 4) is 0 Å². The molecule has 2 N–H and O–H groups in total. The Morgan fingerprint density at radius 3 is 1.35 bits per heavy atom. The Labute approximate surface area is 169 Å². The number of nitrogens with zero attached hydrogens (tertiary/aromatic N) is 1. The number of nitrogens with one attached hydrogen (secondary N) is 2. The molecule has 5 heteroatoms. The van der Waals surface area contributed by atoms with Gasteiger partial charge in [0.25, 0.3) is 0 Å². The van der Waals surface area contributed by atoms with E-state index in [1.54, 1.807) is 0 Å². The van der Waals surface area contributed by atoms with Crippen molar-refractivity contribution in [2.45, 2.75) is 5.54 Å². The second-order valence-corrected chi connectivity index (χ2v) is 7.22. The van der Waals surface area contributed by atoms with E-state index in [0.717, 1.165) is 16.7 Å². The molecule has 0 aliphatic heterocycles. The molecule has 3 nitrogen and oxygen atoms in total. The van der Waals surface area contributed by atoms with E-state index in [9.17, 15) is 0 Å². The van der Waals surface area contributed by atoms with Crippen LogP contribution >= 0.6 is 31.9 Å². The van der Waals surface area contributed by atoms with Crippen LogP contribution in [-0.4, -0.2) is 9.24 Å². The number of hydrogen-bond acceptors (Lipinski definition) is 3. The summed E-state index contributed by atoms with van der Waals surface area (Å²) in [5, 5.41) is 12.2. The number of benzene rings is 3. The first-order valence-corrected chi connectivity index (χ1v) is 9.64. The first-order valence-electron chi connectivity index (χ1n) is 8.06. The molecule has 130 valence electrons. The summed E-state index contributed by atoms with van der Waals surface area (Å²) in [5.41, 5.74) is 5.82. The summed E-state index contributed by atoms with van der Waals surface area (Å²) >= 11 is 6.47. The Morgan fingerprint density at radius 2 is 1.04 bits per heavy atom. The minimum Gasteiger partial charge on any atom is -0.291 e. The highest BCUT2D eigenvalue weighted by Crippen LogP contribution is 2.36. The number of hydrogen-bond donors (Lipinski definition) is 2. The maximum atomic E-state index is 7.72. The molecule has 3 aromatic carbocycles. The average Bonchev–Trinajstić information content (AvgIpc) is 2.70. The molecule has 0 saturated heterocycles. The topological polar surface area (TPSA) is 48.2 Å². The first kappa shape index (κ1) is 18.5. The van der Waals surface area contributed by atoms with Gasteiger partial charge in [0.2, 0.25) is 0 Å². The van der Waals surface area contributed by atoms with Crippen LogP contribution in [0.5, 0.6) is 0 Å². The second kappa shape index (κ2) is 8.43. The lowest BCUT2D eigenvalue weighted by atomic mass is 9.77. The van der Waals surface area contributed by atoms with E-state index in [0.29, 0.717) is 4.62 Å². The van der Waals surface area contributed by atoms with E-state index in [1.807, 2.05) is 54.6 Å². The van der Waals surface area contributed by atoms with Crippen LogP contribution < -0.4 is 5.43 Å². The smallest absolute Gasteiger partial charge is 0.157 e. The van der Waals surface area contributed by atoms with Crippen molar-refractivity contribution in [1.82, 2.24) is 5.43 Å². The largest absolute Gasteiger partial charge is 0.291 e. The standard InChI is InChI=1S/C21H17Br2N3/c22-19(24)20(23)25-26-21(16-10-4-1-5-11-16,17-12-6-2-7-13-17)18-14-8-3-9-15-18/h1-15,24,26H/b24-19?,25-20+. The first-order chi connectivity index (χ1) is 12.6. The molecule has 3 rings (SSSR count). The predicted molar refractivity (Wildman–Crippen MR) is 115 cm³/mol. The van der Waals surface area contributed by atoms with E-state index in [2.05, 4.69) is 78.8 Å². The summed E-state index contributed by atoms with van der Waals surface area (Å²) in [4.78, 5) is 0. The van der Waals surface area contributed by atoms with Gasteiger partial charge in [-0.25, -0.2) is 0 Å². The highest BCUT2D eigenvalue weighted by Gasteiger charge is 2.36. The molecule has 26 heavy (non-hydrogen) atoms. The summed E-state index contributed by atoms with van der Waals surface area (Å²) in [6, 6.07) is 30.6. The van der Waals surface area contributed by atoms with Crippen molar-refractivity contribution in [2.75, 3.05) is 0 Å². The lowest BCUT2D eigenvalue weighted by Gasteiger charge is -2.35. The molecule has 0 saturated carbocycles. The third-order valence-electron chi connectivity index (χ3n) is 4.12. The van der Waals surface area contributed by atoms with Gasteiger partial charge >= 0.3 is 0 Å². The monoisotopic (exact) mass is 469 g/mol. The lowest BCUT2D eigenvalue weighted by molar-refractivity contribution is 0.493. The second-order valence-electron chi connectivity index (χ2n) is 5.68. The number of halogens is 2. The fourth-order valence-electron chi connectivity index (χ4n) is 2.94. The summed E-state index contributed by atoms with van der Waals surface area (Å²) in [6.45, 7) is 0. The van der Waals surface area contributed by atoms with E-state index in [-0.39, 0.29) is 4.62 Å². The van der Waals surface area contributed by atoms with E-state index >= 15 is 0 Å². The third-order valence-corrected chi connectivity index (χ3v) is 5.60. The molecular formula is C21H17Br2N3. The summed E-state index contributed by atoms with van der Waals surface area (Å²) < 4.78 is 0.567. The molecule has 0 aliphatic rings. The molecule has 0 heterocycles. The van der Waals surface area contributed by atoms with Gasteiger partial charge in [-0.05, 0) is 48.6 Å². The van der Waals surface area contributed by atoms with Gasteiger partial charge in [0.15, 0.2) is 4.62 Å². The Kier molecular flexibility index (Phi) is 6.01. The lowest BCUT2D eigenvalue weighted by Crippen LogP contribution is -2.42. The molecule has 3 aromatic rings. The van der Waals surface area contributed by atoms with Crippen molar-refractivity contribution < 1.29 is 0 Å². The van der Waals surface area contributed by atoms with Gasteiger partial charge in [0.05, 0.1) is 0 Å². The number of hydrazone groups is 1. The van der Waals surface area contributed by atoms with Gasteiger partial charge in [0, 0.05) is 0 Å². The van der Waals surface area contributed by atoms with Gasteiger partial charge in [0.1, 0.15) is 10.2 Å². The highest BCUT2D eigenvalue weighted by molar-refractivity contribution is 9.24. The van der Waals surface area contributed by atoms with Crippen LogP contribution in [0.2, 0.25) is 0 Å². The summed E-state index contributed by atoms with van der Waals surface area (Å²) in [6.07, 6.45) is 0. The molecule has 0 aliphatic carbocycles. The highest BCUT2D eigenvalue weighted by atomic mass is 79.9. The van der Waals surface area contributed by atoms with Gasteiger partial charge in [-0.15, -0.1) is 0 Å². The van der Waals surface area contributed by atoms with E-state index < -0.39 is 5.54 Å². The van der Waals surface area contributed by atoms with Gasteiger partial charge in [-0.3, -0.25) is 10.8 Å². The normalized spacial score (nSPS) is 11.8. The Morgan fingerprint density at radius 1 is 0.692 bits per heavy atom. The summed E-state index contributed by atoms with van der Waals surface area (Å²) in [7, 11) is 0. The molecular weight excluding hydrogens is 454 g/mol. The van der Waals surface area contributed by atoms with E-state index in [1.165, 1.54) is 0 Å². The molecule has 0 bridgehead atoms. The van der Waals surface area contributed by atoms with E-state index in [4.69, 9.17) is 5.41 Å². The van der Waals surface area contributed by atoms with Gasteiger partial charge in [-0.1, -0.05) is 91.0 Å². The molecule has 0 fully saturated rings. The van der Waals surface area contributed by atoms with Crippen molar-refractivity contribution >= 4 is 41.1 Å². The van der Waals surface area contributed by atoms with Crippen LogP contribution in [0, 0.1) is 5.41 Å². The SMILES string of the molecule is N=C(Br)/C(Br)=N\NC(c1ccccc1)(c1ccccc1)c1ccccc1. The van der Waals surface area contributed by atoms with Crippen LogP contribution in [-0.2, 0) is 5.54 Å². The van der Waals surface area contributed by atoms with Crippen molar-refractivity contribution in [3.05, 3.63) is 108 Å². The molecule has 0 amide bonds. The Bertz CT molecular complexity index is 798. The molecule has 0 aromatic heterocycles. The molecule has 0 spiro atoms. The minimum absolute atomic E-state index is 0.174. The Hall–Kier alpha value is -2.24. The number of rotatable bonds is 6. The maximum absolute atomic E-state index is 7.72. The van der Waals surface area contributed by atoms with Gasteiger partial charge < -0.3 is 0 Å². The van der Waals surface area contributed by atoms with Crippen molar-refractivity contribution in [2.24, 2.45) is 5.10 Å². The van der Waals surface area contributed by atoms with Crippen LogP contribution in [0.1, 0.15) is 16.7 Å². The predicted octanol–water partition coefficient (Wildman–Crippen LogP) is 5.65. The average molecular weight is 471 g/mol. The minimum atomic E-state index is -0.689. The zero-order chi connectivity index (χ0) is 18.4. The molecule has 0 atom stereocenters. The van der Waals surface area contributed by atoms with Crippen molar-refractivity contribution in [3.63, 3.8) is 0 Å². The van der Waals surface area contributed by atoms with Crippen molar-refractivity contribution in [1.29, 1.82) is 5.41 Å². The van der Waals surface area contributed by atoms with Crippen LogP contribution in [0.3, 0.4) is 0 Å².